The lowest BCUT2D eigenvalue weighted by atomic mass is 10.0. The topological polar surface area (TPSA) is 92.6 Å². The van der Waals surface area contributed by atoms with Crippen LogP contribution < -0.4 is 5.32 Å². The molecule has 0 aromatic heterocycles. The molecule has 0 heterocycles. The van der Waals surface area contributed by atoms with E-state index >= 15 is 0 Å². The van der Waals surface area contributed by atoms with Gasteiger partial charge in [0.25, 0.3) is 5.69 Å². The zero-order valence-corrected chi connectivity index (χ0v) is 23.1. The largest absolute Gasteiger partial charge is 0.352 e. The molecule has 0 radical (unpaired) electrons. The molecule has 3 aromatic carbocycles. The first-order valence-electron chi connectivity index (χ1n) is 13.4. The number of amides is 2. The highest BCUT2D eigenvalue weighted by Crippen LogP contribution is 2.22. The zero-order valence-electron chi connectivity index (χ0n) is 22.3. The molecule has 7 nitrogen and oxygen atoms in total. The van der Waals surface area contributed by atoms with E-state index in [9.17, 15) is 19.7 Å². The molecular weight excluding hydrogens is 510 g/mol. The third-order valence-electron chi connectivity index (χ3n) is 7.05. The van der Waals surface area contributed by atoms with Gasteiger partial charge in [0.05, 0.1) is 10.7 Å². The molecule has 204 valence electrons. The number of carbonyl (C=O) groups excluding carboxylic acids is 2. The van der Waals surface area contributed by atoms with Gasteiger partial charge in [0.1, 0.15) is 6.04 Å². The lowest BCUT2D eigenvalue weighted by Crippen LogP contribution is -2.52. The molecule has 0 spiro atoms. The highest BCUT2D eigenvalue weighted by Gasteiger charge is 2.32. The Balaban J connectivity index is 1.54. The minimum Gasteiger partial charge on any atom is -0.352 e. The van der Waals surface area contributed by atoms with E-state index in [1.165, 1.54) is 23.9 Å². The van der Waals surface area contributed by atoms with Crippen molar-refractivity contribution >= 4 is 29.3 Å². The fourth-order valence-electron chi connectivity index (χ4n) is 4.98. The molecule has 39 heavy (non-hydrogen) atoms. The Bertz CT molecular complexity index is 1260. The van der Waals surface area contributed by atoms with Crippen LogP contribution in [0.25, 0.3) is 0 Å². The van der Waals surface area contributed by atoms with Gasteiger partial charge in [0.2, 0.25) is 11.8 Å². The van der Waals surface area contributed by atoms with Crippen molar-refractivity contribution in [2.75, 3.05) is 5.75 Å². The van der Waals surface area contributed by atoms with E-state index in [1.807, 2.05) is 55.5 Å². The monoisotopic (exact) mass is 545 g/mol. The van der Waals surface area contributed by atoms with E-state index in [0.717, 1.165) is 47.9 Å². The number of non-ortho nitro benzene ring substituents is 1. The van der Waals surface area contributed by atoms with Crippen LogP contribution in [0.2, 0.25) is 0 Å². The summed E-state index contributed by atoms with van der Waals surface area (Å²) in [5.74, 6) is 0.530. The van der Waals surface area contributed by atoms with Crippen LogP contribution in [0.4, 0.5) is 5.69 Å². The maximum Gasteiger partial charge on any atom is 0.269 e. The van der Waals surface area contributed by atoms with Crippen LogP contribution in [-0.4, -0.2) is 39.5 Å². The van der Waals surface area contributed by atoms with Crippen molar-refractivity contribution in [2.24, 2.45) is 0 Å². The number of benzene rings is 3. The summed E-state index contributed by atoms with van der Waals surface area (Å²) < 4.78 is 0. The van der Waals surface area contributed by atoms with Crippen LogP contribution in [0.15, 0.2) is 78.9 Å². The molecule has 8 heteroatoms. The number of nitrogens with one attached hydrogen (secondary N) is 1. The Labute approximate surface area is 234 Å². The number of nitro benzene ring substituents is 1. The molecule has 0 aliphatic heterocycles. The Morgan fingerprint density at radius 3 is 2.33 bits per heavy atom. The van der Waals surface area contributed by atoms with Gasteiger partial charge >= 0.3 is 0 Å². The van der Waals surface area contributed by atoms with Crippen molar-refractivity contribution in [3.05, 3.63) is 111 Å². The van der Waals surface area contributed by atoms with Crippen molar-refractivity contribution in [3.63, 3.8) is 0 Å². The minimum atomic E-state index is -0.638. The van der Waals surface area contributed by atoms with Crippen LogP contribution in [0.3, 0.4) is 0 Å². The molecule has 1 fully saturated rings. The average molecular weight is 546 g/mol. The summed E-state index contributed by atoms with van der Waals surface area (Å²) in [7, 11) is 0. The minimum absolute atomic E-state index is 0.0428. The van der Waals surface area contributed by atoms with Gasteiger partial charge < -0.3 is 10.2 Å². The lowest BCUT2D eigenvalue weighted by molar-refractivity contribution is -0.384. The van der Waals surface area contributed by atoms with E-state index in [2.05, 4.69) is 11.4 Å². The highest BCUT2D eigenvalue weighted by molar-refractivity contribution is 7.99. The second-order valence-electron chi connectivity index (χ2n) is 10.1. The molecule has 1 aliphatic carbocycles. The number of nitro groups is 1. The predicted octanol–water partition coefficient (Wildman–Crippen LogP) is 5.84. The van der Waals surface area contributed by atoms with Crippen LogP contribution in [0, 0.1) is 17.0 Å². The fourth-order valence-corrected chi connectivity index (χ4v) is 5.85. The first-order chi connectivity index (χ1) is 18.9. The summed E-state index contributed by atoms with van der Waals surface area (Å²) in [5, 5.41) is 14.2. The van der Waals surface area contributed by atoms with E-state index < -0.39 is 11.0 Å². The van der Waals surface area contributed by atoms with Gasteiger partial charge in [0, 0.05) is 36.9 Å². The SMILES string of the molecule is Cc1cccc(CN(C(=O)CSCc2ccc([N+](=O)[O-])cc2)[C@H](Cc2ccccc2)C(=O)NC2CCCC2)c1. The van der Waals surface area contributed by atoms with Gasteiger partial charge in [0.15, 0.2) is 0 Å². The van der Waals surface area contributed by atoms with Crippen molar-refractivity contribution in [1.82, 2.24) is 10.2 Å². The number of nitrogens with zero attached hydrogens (tertiary/aromatic N) is 2. The van der Waals surface area contributed by atoms with Crippen molar-refractivity contribution in [2.45, 2.75) is 63.4 Å². The Morgan fingerprint density at radius 1 is 0.974 bits per heavy atom. The van der Waals surface area contributed by atoms with Gasteiger partial charge in [-0.15, -0.1) is 11.8 Å². The zero-order chi connectivity index (χ0) is 27.6. The number of thioether (sulfide) groups is 1. The number of aryl methyl sites for hydroxylation is 1. The first kappa shape index (κ1) is 28.4. The third kappa shape index (κ3) is 8.42. The standard InChI is InChI=1S/C31H35N3O4S/c1-23-8-7-11-26(18-23)20-33(30(35)22-39-21-25-14-16-28(17-15-25)34(37)38)29(19-24-9-3-2-4-10-24)31(36)32-27-12-5-6-13-27/h2-4,7-11,14-18,27,29H,5-6,12-13,19-22H2,1H3,(H,32,36)/t29-/m1/s1. The molecule has 1 aliphatic rings. The Kier molecular flexibility index (Phi) is 10.1. The molecule has 0 bridgehead atoms. The number of hydrogen-bond acceptors (Lipinski definition) is 5. The smallest absolute Gasteiger partial charge is 0.269 e. The predicted molar refractivity (Wildman–Crippen MR) is 155 cm³/mol. The second kappa shape index (κ2) is 13.9. The molecule has 1 N–H and O–H groups in total. The van der Waals surface area contributed by atoms with E-state index in [0.29, 0.717) is 18.7 Å². The van der Waals surface area contributed by atoms with Crippen LogP contribution in [-0.2, 0) is 28.3 Å². The van der Waals surface area contributed by atoms with E-state index in [4.69, 9.17) is 0 Å². The van der Waals surface area contributed by atoms with E-state index in [-0.39, 0.29) is 29.3 Å². The van der Waals surface area contributed by atoms with Gasteiger partial charge in [-0.2, -0.15) is 0 Å². The lowest BCUT2D eigenvalue weighted by Gasteiger charge is -2.32. The first-order valence-corrected chi connectivity index (χ1v) is 14.5. The molecule has 4 rings (SSSR count). The number of hydrogen-bond donors (Lipinski definition) is 1. The fraction of sp³-hybridized carbons (Fsp3) is 0.355. The Hall–Kier alpha value is -3.65. The second-order valence-corrected chi connectivity index (χ2v) is 11.1. The summed E-state index contributed by atoms with van der Waals surface area (Å²) in [5.41, 5.74) is 4.03. The maximum absolute atomic E-state index is 13.8. The van der Waals surface area contributed by atoms with Gasteiger partial charge in [-0.25, -0.2) is 0 Å². The van der Waals surface area contributed by atoms with E-state index in [1.54, 1.807) is 17.0 Å². The third-order valence-corrected chi connectivity index (χ3v) is 8.04. The number of carbonyl (C=O) groups is 2. The van der Waals surface area contributed by atoms with Crippen molar-refractivity contribution in [3.8, 4) is 0 Å². The normalized spacial score (nSPS) is 14.1. The molecule has 3 aromatic rings. The van der Waals surface area contributed by atoms with Crippen LogP contribution in [0.5, 0.6) is 0 Å². The summed E-state index contributed by atoms with van der Waals surface area (Å²) >= 11 is 1.45. The molecule has 1 atom stereocenters. The summed E-state index contributed by atoms with van der Waals surface area (Å²) in [6.07, 6.45) is 4.60. The molecular formula is C31H35N3O4S. The molecule has 1 saturated carbocycles. The molecule has 0 unspecified atom stereocenters. The summed E-state index contributed by atoms with van der Waals surface area (Å²) in [6.45, 7) is 2.36. The average Bonchev–Trinajstić information content (AvgIpc) is 3.44. The van der Waals surface area contributed by atoms with Crippen molar-refractivity contribution in [1.29, 1.82) is 0 Å². The van der Waals surface area contributed by atoms with Crippen LogP contribution in [0.1, 0.15) is 47.9 Å². The molecule has 2 amide bonds. The Morgan fingerprint density at radius 2 is 1.67 bits per heavy atom. The maximum atomic E-state index is 13.8. The summed E-state index contributed by atoms with van der Waals surface area (Å²) in [4.78, 5) is 39.7. The summed E-state index contributed by atoms with van der Waals surface area (Å²) in [6, 6.07) is 23.8. The quantitative estimate of drug-likeness (QED) is 0.228. The number of rotatable bonds is 12. The molecule has 0 saturated heterocycles. The van der Waals surface area contributed by atoms with Crippen LogP contribution >= 0.6 is 11.8 Å². The van der Waals surface area contributed by atoms with Gasteiger partial charge in [-0.3, -0.25) is 19.7 Å². The highest BCUT2D eigenvalue weighted by atomic mass is 32.2. The van der Waals surface area contributed by atoms with Crippen molar-refractivity contribution < 1.29 is 14.5 Å². The van der Waals surface area contributed by atoms with Gasteiger partial charge in [-0.1, -0.05) is 85.1 Å². The van der Waals surface area contributed by atoms with Gasteiger partial charge in [-0.05, 0) is 36.5 Å².